The van der Waals surface area contributed by atoms with Gasteiger partial charge in [-0.2, -0.15) is 0 Å². The second kappa shape index (κ2) is 8.52. The van der Waals surface area contributed by atoms with Crippen LogP contribution in [0.1, 0.15) is 18.5 Å². The fourth-order valence-corrected chi connectivity index (χ4v) is 3.51. The summed E-state index contributed by atoms with van der Waals surface area (Å²) in [6.07, 6.45) is 3.49. The van der Waals surface area contributed by atoms with Crippen LogP contribution in [0.2, 0.25) is 0 Å². The number of ether oxygens (including phenoxy) is 2. The highest BCUT2D eigenvalue weighted by Gasteiger charge is 2.16. The number of fused-ring (bicyclic) bond motifs is 1. The van der Waals surface area contributed by atoms with Crippen molar-refractivity contribution in [2.75, 3.05) is 26.6 Å². The van der Waals surface area contributed by atoms with Gasteiger partial charge in [-0.15, -0.1) is 5.10 Å². The molecule has 1 aromatic carbocycles. The van der Waals surface area contributed by atoms with E-state index in [2.05, 4.69) is 20.3 Å². The van der Waals surface area contributed by atoms with E-state index in [4.69, 9.17) is 15.2 Å². The van der Waals surface area contributed by atoms with Crippen LogP contribution in [0.5, 0.6) is 5.75 Å². The molecule has 0 unspecified atom stereocenters. The van der Waals surface area contributed by atoms with Gasteiger partial charge < -0.3 is 19.8 Å². The number of hydrogen-bond acceptors (Lipinski definition) is 8. The van der Waals surface area contributed by atoms with Crippen molar-refractivity contribution in [2.24, 2.45) is 0 Å². The van der Waals surface area contributed by atoms with Crippen molar-refractivity contribution < 1.29 is 9.47 Å². The maximum absolute atomic E-state index is 12.9. The van der Waals surface area contributed by atoms with Gasteiger partial charge in [0.1, 0.15) is 22.7 Å². The Morgan fingerprint density at radius 2 is 2.00 bits per heavy atom. The minimum absolute atomic E-state index is 0.0749. The maximum atomic E-state index is 12.9. The van der Waals surface area contributed by atoms with E-state index in [1.807, 2.05) is 25.1 Å². The zero-order valence-corrected chi connectivity index (χ0v) is 17.5. The van der Waals surface area contributed by atoms with Crippen molar-refractivity contribution >= 4 is 16.9 Å². The van der Waals surface area contributed by atoms with Gasteiger partial charge in [-0.3, -0.25) is 4.79 Å². The molecule has 2 N–H and O–H groups in total. The number of nitrogen functional groups attached to an aromatic ring is 1. The zero-order chi connectivity index (χ0) is 22.0. The van der Waals surface area contributed by atoms with Gasteiger partial charge in [-0.25, -0.2) is 14.6 Å². The summed E-state index contributed by atoms with van der Waals surface area (Å²) in [6.45, 7) is 2.65. The molecular formula is C21H23N7O3. The van der Waals surface area contributed by atoms with Gasteiger partial charge in [0.15, 0.2) is 0 Å². The van der Waals surface area contributed by atoms with Crippen LogP contribution in [0.25, 0.3) is 22.3 Å². The first-order valence-electron chi connectivity index (χ1n) is 9.71. The van der Waals surface area contributed by atoms with Crippen molar-refractivity contribution in [1.29, 1.82) is 0 Å². The number of rotatable bonds is 7. The van der Waals surface area contributed by atoms with E-state index in [1.165, 1.54) is 0 Å². The largest absolute Gasteiger partial charge is 0.494 e. The number of benzene rings is 1. The molecule has 0 fully saturated rings. The Bertz CT molecular complexity index is 1280. The molecular weight excluding hydrogens is 398 g/mol. The third-order valence-corrected chi connectivity index (χ3v) is 4.98. The van der Waals surface area contributed by atoms with Crippen LogP contribution in [-0.2, 0) is 11.3 Å². The SMILES string of the molecule is COC[C@H](C)n1cccc(Cn2cc(-c3nc(N)nc4c(OC)cccc34)nn2)c1=O. The van der Waals surface area contributed by atoms with E-state index in [-0.39, 0.29) is 24.1 Å². The number of aromatic nitrogens is 6. The number of anilines is 1. The quantitative estimate of drug-likeness (QED) is 0.480. The number of nitrogens with two attached hydrogens (primary N) is 1. The minimum atomic E-state index is -0.0921. The molecule has 0 aliphatic heterocycles. The van der Waals surface area contributed by atoms with Gasteiger partial charge in [0.05, 0.1) is 32.5 Å². The van der Waals surface area contributed by atoms with Gasteiger partial charge in [-0.05, 0) is 19.1 Å². The Balaban J connectivity index is 1.69. The predicted molar refractivity (Wildman–Crippen MR) is 116 cm³/mol. The van der Waals surface area contributed by atoms with E-state index < -0.39 is 0 Å². The lowest BCUT2D eigenvalue weighted by molar-refractivity contribution is 0.160. The van der Waals surface area contributed by atoms with Crippen LogP contribution in [0.15, 0.2) is 47.5 Å². The van der Waals surface area contributed by atoms with Crippen molar-refractivity contribution in [1.82, 2.24) is 29.5 Å². The topological polar surface area (TPSA) is 123 Å². The molecule has 0 saturated carbocycles. The Labute approximate surface area is 178 Å². The van der Waals surface area contributed by atoms with E-state index >= 15 is 0 Å². The third-order valence-electron chi connectivity index (χ3n) is 4.98. The smallest absolute Gasteiger partial charge is 0.255 e. The molecule has 0 spiro atoms. The molecule has 0 saturated heterocycles. The molecule has 0 radical (unpaired) electrons. The highest BCUT2D eigenvalue weighted by atomic mass is 16.5. The summed E-state index contributed by atoms with van der Waals surface area (Å²) in [5.41, 5.74) is 8.09. The lowest BCUT2D eigenvalue weighted by atomic mass is 10.1. The number of para-hydroxylation sites is 1. The van der Waals surface area contributed by atoms with Crippen molar-refractivity contribution in [3.8, 4) is 17.1 Å². The van der Waals surface area contributed by atoms with Crippen LogP contribution < -0.4 is 16.0 Å². The number of nitrogens with zero attached hydrogens (tertiary/aromatic N) is 6. The minimum Gasteiger partial charge on any atom is -0.494 e. The average Bonchev–Trinajstić information content (AvgIpc) is 3.22. The van der Waals surface area contributed by atoms with Gasteiger partial charge in [-0.1, -0.05) is 23.4 Å². The Hall–Kier alpha value is -3.79. The number of hydrogen-bond donors (Lipinski definition) is 1. The predicted octanol–water partition coefficient (Wildman–Crippen LogP) is 1.90. The van der Waals surface area contributed by atoms with Crippen LogP contribution in [0.4, 0.5) is 5.95 Å². The van der Waals surface area contributed by atoms with Gasteiger partial charge >= 0.3 is 0 Å². The molecule has 3 heterocycles. The highest BCUT2D eigenvalue weighted by Crippen LogP contribution is 2.30. The van der Waals surface area contributed by atoms with Crippen molar-refractivity contribution in [2.45, 2.75) is 19.5 Å². The van der Waals surface area contributed by atoms with E-state index in [1.54, 1.807) is 48.0 Å². The first-order chi connectivity index (χ1) is 15.0. The van der Waals surface area contributed by atoms with Gasteiger partial charge in [0.25, 0.3) is 5.56 Å². The first-order valence-corrected chi connectivity index (χ1v) is 9.71. The van der Waals surface area contributed by atoms with Crippen LogP contribution >= 0.6 is 0 Å². The van der Waals surface area contributed by atoms with E-state index in [0.717, 1.165) is 5.39 Å². The summed E-state index contributed by atoms with van der Waals surface area (Å²) in [7, 11) is 3.19. The first kappa shape index (κ1) is 20.5. The summed E-state index contributed by atoms with van der Waals surface area (Å²) in [6, 6.07) is 9.07. The molecule has 0 amide bonds. The normalized spacial score (nSPS) is 12.2. The van der Waals surface area contributed by atoms with Crippen LogP contribution in [0.3, 0.4) is 0 Å². The molecule has 10 nitrogen and oxygen atoms in total. The lowest BCUT2D eigenvalue weighted by Crippen LogP contribution is -2.28. The standard InChI is InChI=1S/C21H23N7O3/c1-13(12-30-2)28-9-5-6-14(20(28)29)10-27-11-16(25-26-27)18-15-7-4-8-17(31-3)19(15)24-21(22)23-18/h4-9,11,13H,10,12H2,1-3H3,(H2,22,23,24)/t13-/m0/s1. The van der Waals surface area contributed by atoms with Crippen LogP contribution in [0, 0.1) is 0 Å². The summed E-state index contributed by atoms with van der Waals surface area (Å²) in [4.78, 5) is 21.5. The Kier molecular flexibility index (Phi) is 5.63. The molecule has 4 rings (SSSR count). The summed E-state index contributed by atoms with van der Waals surface area (Å²) < 4.78 is 13.8. The fourth-order valence-electron chi connectivity index (χ4n) is 3.51. The second-order valence-electron chi connectivity index (χ2n) is 7.14. The summed E-state index contributed by atoms with van der Waals surface area (Å²) >= 11 is 0. The zero-order valence-electron chi connectivity index (χ0n) is 17.5. The van der Waals surface area contributed by atoms with Crippen LogP contribution in [-0.4, -0.2) is 50.4 Å². The molecule has 0 aliphatic rings. The summed E-state index contributed by atoms with van der Waals surface area (Å²) in [5.74, 6) is 0.704. The Morgan fingerprint density at radius 1 is 1.16 bits per heavy atom. The van der Waals surface area contributed by atoms with Gasteiger partial charge in [0, 0.05) is 24.3 Å². The van der Waals surface area contributed by atoms with E-state index in [0.29, 0.717) is 34.8 Å². The molecule has 3 aromatic heterocycles. The lowest BCUT2D eigenvalue weighted by Gasteiger charge is -2.15. The molecule has 1 atom stereocenters. The molecule has 10 heteroatoms. The monoisotopic (exact) mass is 421 g/mol. The van der Waals surface area contributed by atoms with E-state index in [9.17, 15) is 4.79 Å². The summed E-state index contributed by atoms with van der Waals surface area (Å²) in [5, 5.41) is 9.17. The number of pyridine rings is 1. The van der Waals surface area contributed by atoms with Crippen molar-refractivity contribution in [3.05, 3.63) is 58.6 Å². The second-order valence-corrected chi connectivity index (χ2v) is 7.14. The Morgan fingerprint density at radius 3 is 2.77 bits per heavy atom. The maximum Gasteiger partial charge on any atom is 0.255 e. The van der Waals surface area contributed by atoms with Gasteiger partial charge in [0.2, 0.25) is 5.95 Å². The molecule has 160 valence electrons. The number of methoxy groups -OCH3 is 2. The molecule has 0 aliphatic carbocycles. The highest BCUT2D eigenvalue weighted by molar-refractivity contribution is 5.95. The fraction of sp³-hybridized carbons (Fsp3) is 0.286. The molecule has 4 aromatic rings. The molecule has 0 bridgehead atoms. The average molecular weight is 421 g/mol. The van der Waals surface area contributed by atoms with Crippen molar-refractivity contribution in [3.63, 3.8) is 0 Å². The molecule has 31 heavy (non-hydrogen) atoms. The third kappa shape index (κ3) is 3.97.